The quantitative estimate of drug-likeness (QED) is 0.830. The number of piperidine rings is 1. The Balaban J connectivity index is 1.67. The number of halogens is 1. The first-order chi connectivity index (χ1) is 12.4. The summed E-state index contributed by atoms with van der Waals surface area (Å²) in [6.45, 7) is 0.939. The number of sulfone groups is 1. The van der Waals surface area contributed by atoms with Gasteiger partial charge in [0.25, 0.3) is 0 Å². The van der Waals surface area contributed by atoms with Crippen molar-refractivity contribution in [2.24, 2.45) is 0 Å². The summed E-state index contributed by atoms with van der Waals surface area (Å²) < 4.78 is 23.2. The number of hydrogen-bond acceptors (Lipinski definition) is 4. The van der Waals surface area contributed by atoms with E-state index in [2.05, 4.69) is 15.3 Å². The number of aromatic nitrogens is 2. The van der Waals surface area contributed by atoms with Crippen LogP contribution in [0.25, 0.3) is 0 Å². The maximum Gasteiger partial charge on any atom is 0.318 e. The zero-order valence-electron chi connectivity index (χ0n) is 14.4. The van der Waals surface area contributed by atoms with Crippen molar-refractivity contribution in [2.45, 2.75) is 36.7 Å². The third-order valence-electron chi connectivity index (χ3n) is 4.44. The summed E-state index contributed by atoms with van der Waals surface area (Å²) in [5.74, 6) is 0.792. The Bertz CT molecular complexity index is 883. The minimum Gasteiger partial charge on any atom is -0.347 e. The van der Waals surface area contributed by atoms with Crippen LogP contribution in [0.4, 0.5) is 4.79 Å². The molecule has 1 fully saturated rings. The molecule has 1 unspecified atom stereocenters. The molecule has 1 aromatic heterocycles. The molecule has 0 radical (unpaired) electrons. The minimum atomic E-state index is -3.37. The molecule has 1 aliphatic heterocycles. The number of urea groups is 1. The van der Waals surface area contributed by atoms with Gasteiger partial charge in [0.1, 0.15) is 5.82 Å². The Morgan fingerprint density at radius 3 is 2.88 bits per heavy atom. The van der Waals surface area contributed by atoms with Crippen LogP contribution < -0.4 is 5.32 Å². The monoisotopic (exact) mass is 396 g/mol. The number of nitrogens with one attached hydrogen (secondary N) is 2. The van der Waals surface area contributed by atoms with Gasteiger partial charge in [0, 0.05) is 31.7 Å². The third kappa shape index (κ3) is 4.19. The molecule has 26 heavy (non-hydrogen) atoms. The summed E-state index contributed by atoms with van der Waals surface area (Å²) >= 11 is 6.05. The van der Waals surface area contributed by atoms with Crippen molar-refractivity contribution in [3.63, 3.8) is 0 Å². The normalized spacial score (nSPS) is 17.9. The molecule has 0 aliphatic carbocycles. The Hall–Kier alpha value is -2.06. The number of amides is 2. The van der Waals surface area contributed by atoms with Gasteiger partial charge in [0.2, 0.25) is 0 Å². The van der Waals surface area contributed by atoms with Crippen LogP contribution in [0.2, 0.25) is 5.02 Å². The predicted octanol–water partition coefficient (Wildman–Crippen LogP) is 2.90. The van der Waals surface area contributed by atoms with Crippen molar-refractivity contribution >= 4 is 27.5 Å². The molecule has 1 saturated heterocycles. The number of hydrogen-bond donors (Lipinski definition) is 2. The molecule has 2 N–H and O–H groups in total. The molecule has 1 atom stereocenters. The van der Waals surface area contributed by atoms with E-state index in [1.54, 1.807) is 29.4 Å². The van der Waals surface area contributed by atoms with E-state index in [-0.39, 0.29) is 28.5 Å². The highest BCUT2D eigenvalue weighted by molar-refractivity contribution is 7.90. The lowest BCUT2D eigenvalue weighted by molar-refractivity contribution is 0.147. The largest absolute Gasteiger partial charge is 0.347 e. The van der Waals surface area contributed by atoms with Crippen LogP contribution in [-0.4, -0.2) is 42.1 Å². The Kier molecular flexibility index (Phi) is 5.52. The second-order valence-electron chi connectivity index (χ2n) is 6.38. The number of nitrogens with zero attached hydrogens (tertiary/aromatic N) is 2. The molecule has 1 aliphatic rings. The number of carbonyl (C=O) groups is 1. The van der Waals surface area contributed by atoms with Gasteiger partial charge in [-0.2, -0.15) is 0 Å². The fourth-order valence-electron chi connectivity index (χ4n) is 3.15. The van der Waals surface area contributed by atoms with Crippen molar-refractivity contribution < 1.29 is 13.2 Å². The molecule has 1 aromatic carbocycles. The molecular formula is C17H21ClN4O3S. The molecule has 2 amide bonds. The Morgan fingerprint density at radius 2 is 2.23 bits per heavy atom. The lowest BCUT2D eigenvalue weighted by atomic mass is 10.0. The van der Waals surface area contributed by atoms with Crippen molar-refractivity contribution in [2.75, 3.05) is 12.8 Å². The first kappa shape index (κ1) is 18.7. The second kappa shape index (κ2) is 7.67. The highest BCUT2D eigenvalue weighted by Crippen LogP contribution is 2.29. The fraction of sp³-hybridized carbons (Fsp3) is 0.412. The molecule has 2 heterocycles. The highest BCUT2D eigenvalue weighted by Gasteiger charge is 2.29. The molecule has 7 nitrogen and oxygen atoms in total. The smallest absolute Gasteiger partial charge is 0.318 e. The van der Waals surface area contributed by atoms with E-state index in [1.165, 1.54) is 6.07 Å². The van der Waals surface area contributed by atoms with Gasteiger partial charge in [0.05, 0.1) is 16.0 Å². The third-order valence-corrected chi connectivity index (χ3v) is 6.02. The number of rotatable bonds is 4. The van der Waals surface area contributed by atoms with Crippen LogP contribution in [0.15, 0.2) is 35.5 Å². The number of aromatic amines is 1. The van der Waals surface area contributed by atoms with Crippen LogP contribution in [0.1, 0.15) is 36.7 Å². The predicted molar refractivity (Wildman–Crippen MR) is 98.7 cm³/mol. The number of likely N-dealkylation sites (tertiary alicyclic amines) is 1. The first-order valence-corrected chi connectivity index (χ1v) is 10.7. The van der Waals surface area contributed by atoms with Gasteiger partial charge in [-0.3, -0.25) is 0 Å². The molecule has 3 rings (SSSR count). The van der Waals surface area contributed by atoms with E-state index < -0.39 is 9.84 Å². The molecule has 0 saturated carbocycles. The molecule has 9 heteroatoms. The zero-order chi connectivity index (χ0) is 18.7. The van der Waals surface area contributed by atoms with Gasteiger partial charge < -0.3 is 15.2 Å². The van der Waals surface area contributed by atoms with E-state index in [9.17, 15) is 13.2 Å². The Morgan fingerprint density at radius 1 is 1.42 bits per heavy atom. The lowest BCUT2D eigenvalue weighted by Crippen LogP contribution is -2.44. The summed E-state index contributed by atoms with van der Waals surface area (Å²) in [5.41, 5.74) is 0.738. The average molecular weight is 397 g/mol. The topological polar surface area (TPSA) is 95.2 Å². The summed E-state index contributed by atoms with van der Waals surface area (Å²) in [6, 6.07) is 4.46. The van der Waals surface area contributed by atoms with Crippen LogP contribution in [0.3, 0.4) is 0 Å². The van der Waals surface area contributed by atoms with Crippen molar-refractivity contribution in [3.8, 4) is 0 Å². The van der Waals surface area contributed by atoms with E-state index in [0.717, 1.165) is 36.9 Å². The standard InChI is InChI=1S/C17H21ClN4O3S/c1-26(24,25)15-6-5-12(10-13(15)18)11-21-17(23)22-9-3-2-4-14(22)16-19-7-8-20-16/h5-8,10,14H,2-4,9,11H2,1H3,(H,19,20)(H,21,23). The summed E-state index contributed by atoms with van der Waals surface area (Å²) in [6.07, 6.45) is 7.44. The highest BCUT2D eigenvalue weighted by atomic mass is 35.5. The number of benzene rings is 1. The maximum atomic E-state index is 12.6. The van der Waals surface area contributed by atoms with Gasteiger partial charge in [-0.25, -0.2) is 18.2 Å². The van der Waals surface area contributed by atoms with Crippen molar-refractivity contribution in [3.05, 3.63) is 47.0 Å². The SMILES string of the molecule is CS(=O)(=O)c1ccc(CNC(=O)N2CCCCC2c2ncc[nH]2)cc1Cl. The second-order valence-corrected chi connectivity index (χ2v) is 8.77. The maximum absolute atomic E-state index is 12.6. The molecular weight excluding hydrogens is 376 g/mol. The number of imidazole rings is 1. The lowest BCUT2D eigenvalue weighted by Gasteiger charge is -2.34. The van der Waals surface area contributed by atoms with E-state index in [1.807, 2.05) is 0 Å². The van der Waals surface area contributed by atoms with Gasteiger partial charge in [-0.05, 0) is 37.0 Å². The van der Waals surface area contributed by atoms with E-state index in [4.69, 9.17) is 11.6 Å². The van der Waals surface area contributed by atoms with Crippen LogP contribution in [-0.2, 0) is 16.4 Å². The van der Waals surface area contributed by atoms with E-state index in [0.29, 0.717) is 6.54 Å². The van der Waals surface area contributed by atoms with Gasteiger partial charge in [-0.15, -0.1) is 0 Å². The summed E-state index contributed by atoms with van der Waals surface area (Å²) in [4.78, 5) is 21.9. The Labute approximate surface area is 157 Å². The average Bonchev–Trinajstić information content (AvgIpc) is 3.13. The van der Waals surface area contributed by atoms with Gasteiger partial charge >= 0.3 is 6.03 Å². The number of carbonyl (C=O) groups excluding carboxylic acids is 1. The van der Waals surface area contributed by atoms with Crippen LogP contribution in [0, 0.1) is 0 Å². The van der Waals surface area contributed by atoms with Crippen LogP contribution in [0.5, 0.6) is 0 Å². The van der Waals surface area contributed by atoms with Crippen molar-refractivity contribution in [1.29, 1.82) is 0 Å². The fourth-order valence-corrected chi connectivity index (χ4v) is 4.50. The number of H-pyrrole nitrogens is 1. The molecule has 2 aromatic rings. The van der Waals surface area contributed by atoms with Gasteiger partial charge in [-0.1, -0.05) is 17.7 Å². The minimum absolute atomic E-state index is 0.0602. The van der Waals surface area contributed by atoms with Gasteiger partial charge in [0.15, 0.2) is 9.84 Å². The molecule has 0 bridgehead atoms. The zero-order valence-corrected chi connectivity index (χ0v) is 16.0. The molecule has 0 spiro atoms. The molecule has 140 valence electrons. The first-order valence-electron chi connectivity index (χ1n) is 8.38. The summed E-state index contributed by atoms with van der Waals surface area (Å²) in [5, 5.41) is 3.04. The van der Waals surface area contributed by atoms with Crippen molar-refractivity contribution in [1.82, 2.24) is 20.2 Å². The van der Waals surface area contributed by atoms with E-state index >= 15 is 0 Å². The van der Waals surface area contributed by atoms with Crippen LogP contribution >= 0.6 is 11.6 Å². The summed E-state index contributed by atoms with van der Waals surface area (Å²) in [7, 11) is -3.37.